The molecular formula is C42H81N3O9Si3. The van der Waals surface area contributed by atoms with Gasteiger partial charge in [0.25, 0.3) is 0 Å². The topological polar surface area (TPSA) is 143 Å². The van der Waals surface area contributed by atoms with E-state index < -0.39 is 79.7 Å². The maximum absolute atomic E-state index is 14.2. The van der Waals surface area contributed by atoms with Crippen molar-refractivity contribution in [3.05, 3.63) is 0 Å². The number of carbonyl (C=O) groups excluding carboxylic acids is 3. The Kier molecular flexibility index (Phi) is 16.0. The Hall–Kier alpha value is -1.18. The molecule has 6 bridgehead atoms. The predicted octanol–water partition coefficient (Wildman–Crippen LogP) is 7.33. The summed E-state index contributed by atoms with van der Waals surface area (Å²) in [4.78, 5) is 42.7. The highest BCUT2D eigenvalue weighted by molar-refractivity contribution is 6.74. The molecule has 3 amide bonds. The first kappa shape index (κ1) is 48.5. The minimum Gasteiger partial charge on any atom is -0.415 e. The molecule has 330 valence electrons. The lowest BCUT2D eigenvalue weighted by Crippen LogP contribution is -2.60. The van der Waals surface area contributed by atoms with E-state index in [0.717, 1.165) is 19.3 Å². The van der Waals surface area contributed by atoms with E-state index in [9.17, 15) is 14.4 Å². The summed E-state index contributed by atoms with van der Waals surface area (Å²) in [5, 5.41) is 9.78. The second-order valence-corrected chi connectivity index (χ2v) is 36.3. The van der Waals surface area contributed by atoms with Crippen molar-refractivity contribution in [2.45, 2.75) is 229 Å². The SMILES string of the molecule is CC(C)(C)[Si](C)(C)OC[C@@H]1NC(=O)[C@@H]2CCC[C@@H](O2)[C@H](CO[Si](C)(C)C(C)(C)C)NC(=O)[C@@H]2CCC[C@@H](O2)[C@H](CO[Si](C)(C)C(C)(C)C)NC(=O)[C@@H]2CCC[C@H]1O2. The first-order chi connectivity index (χ1) is 26.1. The van der Waals surface area contributed by atoms with Gasteiger partial charge in [0.2, 0.25) is 17.7 Å². The molecule has 0 saturated carbocycles. The van der Waals surface area contributed by atoms with Gasteiger partial charge in [-0.2, -0.15) is 0 Å². The van der Waals surface area contributed by atoms with Crippen LogP contribution in [0.4, 0.5) is 0 Å². The maximum atomic E-state index is 14.2. The molecule has 0 aromatic rings. The van der Waals surface area contributed by atoms with Crippen LogP contribution in [-0.4, -0.2) is 117 Å². The Balaban J connectivity index is 1.71. The quantitative estimate of drug-likeness (QED) is 0.203. The molecule has 9 atom stereocenters. The number of ether oxygens (including phenoxy) is 3. The molecule has 15 heteroatoms. The molecule has 0 aromatic carbocycles. The van der Waals surface area contributed by atoms with E-state index in [4.69, 9.17) is 27.5 Å². The van der Waals surface area contributed by atoms with Crippen molar-refractivity contribution in [2.24, 2.45) is 0 Å². The van der Waals surface area contributed by atoms with Gasteiger partial charge in [-0.25, -0.2) is 0 Å². The Labute approximate surface area is 348 Å². The lowest BCUT2D eigenvalue weighted by molar-refractivity contribution is -0.158. The molecule has 0 radical (unpaired) electrons. The van der Waals surface area contributed by atoms with E-state index in [1.165, 1.54) is 0 Å². The summed E-state index contributed by atoms with van der Waals surface area (Å²) in [6.07, 6.45) is 2.60. The third-order valence-electron chi connectivity index (χ3n) is 14.4. The van der Waals surface area contributed by atoms with Gasteiger partial charge in [-0.15, -0.1) is 0 Å². The van der Waals surface area contributed by atoms with E-state index in [-0.39, 0.29) is 52.7 Å². The van der Waals surface area contributed by atoms with Crippen LogP contribution in [0.1, 0.15) is 120 Å². The maximum Gasteiger partial charge on any atom is 0.249 e. The third-order valence-corrected chi connectivity index (χ3v) is 27.9. The normalized spacial score (nSPS) is 32.1. The van der Waals surface area contributed by atoms with E-state index in [1.54, 1.807) is 0 Å². The van der Waals surface area contributed by atoms with Crippen molar-refractivity contribution in [2.75, 3.05) is 19.8 Å². The van der Waals surface area contributed by atoms with Crippen LogP contribution >= 0.6 is 0 Å². The standard InChI is InChI=1S/C42H81N3O9Si3/c1-40(2,3)55(10,11)49-25-28-31-19-16-22-35(52-31)38(47)44-30(27-51-57(14,15)42(7,8)9)33-21-18-24-36(54-33)39(48)45-29(26-50-56(12,13)41(4,5)6)32-20-17-23-34(53-32)37(46)43-28/h28-36H,16-27H2,1-15H3,(H,43,46)(H,44,47)(H,45,48)/t28-,29-,30-,31+,32+,33+,34-,35-,36-/m0/s1. The summed E-state index contributed by atoms with van der Waals surface area (Å²) in [5.74, 6) is -0.676. The molecule has 0 aliphatic carbocycles. The molecular weight excluding hydrogens is 775 g/mol. The van der Waals surface area contributed by atoms with E-state index in [1.807, 2.05) is 0 Å². The van der Waals surface area contributed by atoms with Gasteiger partial charge in [0.05, 0.1) is 56.3 Å². The van der Waals surface area contributed by atoms with Gasteiger partial charge in [-0.05, 0) is 112 Å². The van der Waals surface area contributed by atoms with Crippen molar-refractivity contribution in [1.82, 2.24) is 16.0 Å². The monoisotopic (exact) mass is 856 g/mol. The summed E-state index contributed by atoms with van der Waals surface area (Å²) in [6, 6.07) is -1.45. The Morgan fingerprint density at radius 2 is 0.684 bits per heavy atom. The van der Waals surface area contributed by atoms with Gasteiger partial charge in [-0.3, -0.25) is 14.4 Å². The minimum atomic E-state index is -2.20. The number of amides is 3. The molecule has 4 saturated heterocycles. The average molecular weight is 856 g/mol. The molecule has 4 aliphatic heterocycles. The van der Waals surface area contributed by atoms with Crippen molar-refractivity contribution in [1.29, 1.82) is 0 Å². The number of hydrogen-bond acceptors (Lipinski definition) is 9. The number of fused-ring (bicyclic) bond motifs is 6. The van der Waals surface area contributed by atoms with Crippen LogP contribution in [0.3, 0.4) is 0 Å². The van der Waals surface area contributed by atoms with Crippen LogP contribution in [0.5, 0.6) is 0 Å². The lowest BCUT2D eigenvalue weighted by atomic mass is 9.95. The predicted molar refractivity (Wildman–Crippen MR) is 233 cm³/mol. The molecule has 0 spiro atoms. The van der Waals surface area contributed by atoms with Crippen LogP contribution in [0.2, 0.25) is 54.4 Å². The van der Waals surface area contributed by atoms with Gasteiger partial charge < -0.3 is 43.4 Å². The van der Waals surface area contributed by atoms with Crippen molar-refractivity contribution in [3.8, 4) is 0 Å². The van der Waals surface area contributed by atoms with Crippen LogP contribution < -0.4 is 16.0 Å². The molecule has 4 rings (SSSR count). The Bertz CT molecular complexity index is 1210. The molecule has 0 aromatic heterocycles. The van der Waals surface area contributed by atoms with Crippen LogP contribution in [0.25, 0.3) is 0 Å². The third kappa shape index (κ3) is 12.7. The average Bonchev–Trinajstić information content (AvgIpc) is 3.11. The number of hydrogen-bond donors (Lipinski definition) is 3. The van der Waals surface area contributed by atoms with Gasteiger partial charge in [0.15, 0.2) is 25.0 Å². The van der Waals surface area contributed by atoms with Gasteiger partial charge in [0, 0.05) is 0 Å². The first-order valence-electron chi connectivity index (χ1n) is 21.9. The summed E-state index contributed by atoms with van der Waals surface area (Å²) < 4.78 is 40.1. The zero-order valence-electron chi connectivity index (χ0n) is 38.4. The van der Waals surface area contributed by atoms with E-state index in [2.05, 4.69) is 118 Å². The summed E-state index contributed by atoms with van der Waals surface area (Å²) in [6.45, 7) is 33.8. The molecule has 0 unspecified atom stereocenters. The summed E-state index contributed by atoms with van der Waals surface area (Å²) in [7, 11) is -6.61. The van der Waals surface area contributed by atoms with E-state index >= 15 is 0 Å². The molecule has 4 heterocycles. The lowest BCUT2D eigenvalue weighted by Gasteiger charge is -2.43. The smallest absolute Gasteiger partial charge is 0.249 e. The van der Waals surface area contributed by atoms with Crippen LogP contribution in [-0.2, 0) is 41.9 Å². The number of nitrogens with one attached hydrogen (secondary N) is 3. The van der Waals surface area contributed by atoms with Crippen LogP contribution in [0.15, 0.2) is 0 Å². The van der Waals surface area contributed by atoms with Crippen molar-refractivity contribution in [3.63, 3.8) is 0 Å². The molecule has 4 fully saturated rings. The minimum absolute atomic E-state index is 0.0320. The Morgan fingerprint density at radius 1 is 0.456 bits per heavy atom. The van der Waals surface area contributed by atoms with Gasteiger partial charge in [0.1, 0.15) is 18.3 Å². The highest BCUT2D eigenvalue weighted by atomic mass is 28.4. The van der Waals surface area contributed by atoms with Crippen LogP contribution in [0, 0.1) is 0 Å². The van der Waals surface area contributed by atoms with Crippen molar-refractivity contribution < 1.29 is 41.9 Å². The fourth-order valence-corrected chi connectivity index (χ4v) is 10.2. The fraction of sp³-hybridized carbons (Fsp3) is 0.929. The van der Waals surface area contributed by atoms with Gasteiger partial charge in [-0.1, -0.05) is 62.3 Å². The zero-order valence-corrected chi connectivity index (χ0v) is 41.4. The van der Waals surface area contributed by atoms with Crippen molar-refractivity contribution >= 4 is 42.7 Å². The van der Waals surface area contributed by atoms with Gasteiger partial charge >= 0.3 is 0 Å². The second kappa shape index (κ2) is 18.8. The Morgan fingerprint density at radius 3 is 0.895 bits per heavy atom. The zero-order chi connectivity index (χ0) is 42.8. The fourth-order valence-electron chi connectivity index (χ4n) is 7.12. The highest BCUT2D eigenvalue weighted by Gasteiger charge is 2.45. The first-order valence-corrected chi connectivity index (χ1v) is 30.6. The molecule has 12 nitrogen and oxygen atoms in total. The highest BCUT2D eigenvalue weighted by Crippen LogP contribution is 2.39. The van der Waals surface area contributed by atoms with E-state index in [0.29, 0.717) is 38.5 Å². The molecule has 4 aliphatic rings. The molecule has 3 N–H and O–H groups in total. The number of rotatable bonds is 9. The number of carbonyl (C=O) groups is 3. The second-order valence-electron chi connectivity index (χ2n) is 21.8. The summed E-state index contributed by atoms with van der Waals surface area (Å²) >= 11 is 0. The largest absolute Gasteiger partial charge is 0.415 e. The molecule has 57 heavy (non-hydrogen) atoms. The summed E-state index contributed by atoms with van der Waals surface area (Å²) in [5.41, 5.74) is 0.